The van der Waals surface area contributed by atoms with Gasteiger partial charge in [-0.2, -0.15) is 0 Å². The van der Waals surface area contributed by atoms with Crippen molar-refractivity contribution < 1.29 is 23.7 Å². The molecule has 0 saturated heterocycles. The van der Waals surface area contributed by atoms with Gasteiger partial charge < -0.3 is 23.8 Å². The highest BCUT2D eigenvalue weighted by Gasteiger charge is 2.31. The molecule has 1 aliphatic rings. The summed E-state index contributed by atoms with van der Waals surface area (Å²) in [6, 6.07) is 11.2. The van der Waals surface area contributed by atoms with Crippen LogP contribution in [-0.4, -0.2) is 45.3 Å². The standard InChI is InChI=1S/C21H25NO5/c1-14(23)22-10-9-15-11-20(25-3)21(26-4)12-18(15)19(22)13-27-17-7-5-16(24-2)6-8-17/h5-8,11-12,19H,9-10,13H2,1-4H3. The molecule has 0 fully saturated rings. The molecule has 0 N–H and O–H groups in total. The van der Waals surface area contributed by atoms with Gasteiger partial charge in [0.1, 0.15) is 18.1 Å². The average molecular weight is 371 g/mol. The van der Waals surface area contributed by atoms with Crippen molar-refractivity contribution in [1.82, 2.24) is 4.90 Å². The fourth-order valence-corrected chi connectivity index (χ4v) is 3.43. The van der Waals surface area contributed by atoms with Crippen molar-refractivity contribution in [3.63, 3.8) is 0 Å². The van der Waals surface area contributed by atoms with E-state index in [1.807, 2.05) is 41.3 Å². The van der Waals surface area contributed by atoms with Crippen LogP contribution < -0.4 is 18.9 Å². The van der Waals surface area contributed by atoms with Crippen LogP contribution in [0.3, 0.4) is 0 Å². The lowest BCUT2D eigenvalue weighted by Gasteiger charge is -2.37. The zero-order valence-electron chi connectivity index (χ0n) is 16.2. The molecule has 1 atom stereocenters. The highest BCUT2D eigenvalue weighted by atomic mass is 16.5. The summed E-state index contributed by atoms with van der Waals surface area (Å²) in [5.74, 6) is 2.87. The van der Waals surface area contributed by atoms with Gasteiger partial charge in [0.05, 0.1) is 27.4 Å². The van der Waals surface area contributed by atoms with E-state index in [2.05, 4.69) is 0 Å². The van der Waals surface area contributed by atoms with Crippen molar-refractivity contribution in [2.45, 2.75) is 19.4 Å². The number of nitrogens with zero attached hydrogens (tertiary/aromatic N) is 1. The molecule has 144 valence electrons. The van der Waals surface area contributed by atoms with Crippen LogP contribution >= 0.6 is 0 Å². The van der Waals surface area contributed by atoms with Gasteiger partial charge in [-0.05, 0) is 53.9 Å². The molecule has 6 nitrogen and oxygen atoms in total. The minimum absolute atomic E-state index is 0.0266. The van der Waals surface area contributed by atoms with E-state index in [0.717, 1.165) is 29.0 Å². The summed E-state index contributed by atoms with van der Waals surface area (Å²) in [4.78, 5) is 14.0. The van der Waals surface area contributed by atoms with Crippen LogP contribution in [0.2, 0.25) is 0 Å². The number of carbonyl (C=O) groups excluding carboxylic acids is 1. The second-order valence-corrected chi connectivity index (χ2v) is 6.37. The molecule has 0 spiro atoms. The van der Waals surface area contributed by atoms with Gasteiger partial charge in [-0.3, -0.25) is 4.79 Å². The van der Waals surface area contributed by atoms with Crippen molar-refractivity contribution in [2.24, 2.45) is 0 Å². The number of benzene rings is 2. The van der Waals surface area contributed by atoms with E-state index in [4.69, 9.17) is 18.9 Å². The molecule has 1 heterocycles. The first-order valence-corrected chi connectivity index (χ1v) is 8.86. The fourth-order valence-electron chi connectivity index (χ4n) is 3.43. The summed E-state index contributed by atoms with van der Waals surface area (Å²) in [6.45, 7) is 2.59. The Morgan fingerprint density at radius 1 is 1.00 bits per heavy atom. The normalized spacial score (nSPS) is 15.7. The molecule has 1 aliphatic heterocycles. The van der Waals surface area contributed by atoms with E-state index in [-0.39, 0.29) is 11.9 Å². The van der Waals surface area contributed by atoms with Crippen LogP contribution in [0.5, 0.6) is 23.0 Å². The lowest BCUT2D eigenvalue weighted by Crippen LogP contribution is -2.41. The molecule has 2 aromatic rings. The summed E-state index contributed by atoms with van der Waals surface area (Å²) in [5.41, 5.74) is 2.18. The second kappa shape index (κ2) is 8.20. The summed E-state index contributed by atoms with van der Waals surface area (Å²) in [6.07, 6.45) is 0.772. The zero-order valence-corrected chi connectivity index (χ0v) is 16.2. The average Bonchev–Trinajstić information content (AvgIpc) is 2.70. The van der Waals surface area contributed by atoms with E-state index < -0.39 is 0 Å². The minimum Gasteiger partial charge on any atom is -0.497 e. The van der Waals surface area contributed by atoms with E-state index in [1.165, 1.54) is 0 Å². The molecule has 0 radical (unpaired) electrons. The van der Waals surface area contributed by atoms with E-state index in [0.29, 0.717) is 24.7 Å². The first-order chi connectivity index (χ1) is 13.1. The van der Waals surface area contributed by atoms with Crippen LogP contribution in [0.1, 0.15) is 24.1 Å². The molecule has 0 saturated carbocycles. The Morgan fingerprint density at radius 2 is 1.63 bits per heavy atom. The molecule has 0 aromatic heterocycles. The van der Waals surface area contributed by atoms with Crippen LogP contribution in [0.25, 0.3) is 0 Å². The Morgan fingerprint density at radius 3 is 2.22 bits per heavy atom. The van der Waals surface area contributed by atoms with Crippen molar-refractivity contribution in [3.8, 4) is 23.0 Å². The van der Waals surface area contributed by atoms with Crippen molar-refractivity contribution in [3.05, 3.63) is 47.5 Å². The number of fused-ring (bicyclic) bond motifs is 1. The van der Waals surface area contributed by atoms with Gasteiger partial charge in [0.25, 0.3) is 0 Å². The highest BCUT2D eigenvalue weighted by molar-refractivity contribution is 5.74. The molecule has 1 unspecified atom stereocenters. The third-order valence-corrected chi connectivity index (χ3v) is 4.87. The molecule has 27 heavy (non-hydrogen) atoms. The maximum absolute atomic E-state index is 12.2. The van der Waals surface area contributed by atoms with Crippen LogP contribution in [0.15, 0.2) is 36.4 Å². The quantitative estimate of drug-likeness (QED) is 0.780. The van der Waals surface area contributed by atoms with Gasteiger partial charge >= 0.3 is 0 Å². The number of amides is 1. The number of carbonyl (C=O) groups is 1. The van der Waals surface area contributed by atoms with Crippen LogP contribution in [0, 0.1) is 0 Å². The summed E-state index contributed by atoms with van der Waals surface area (Å²) >= 11 is 0. The molecule has 2 aromatic carbocycles. The van der Waals surface area contributed by atoms with Crippen molar-refractivity contribution >= 4 is 5.91 Å². The van der Waals surface area contributed by atoms with Crippen LogP contribution in [-0.2, 0) is 11.2 Å². The van der Waals surface area contributed by atoms with Crippen molar-refractivity contribution in [1.29, 1.82) is 0 Å². The number of methoxy groups -OCH3 is 3. The Labute approximate surface area is 159 Å². The maximum Gasteiger partial charge on any atom is 0.220 e. The summed E-state index contributed by atoms with van der Waals surface area (Å²) in [7, 11) is 4.86. The van der Waals surface area contributed by atoms with Gasteiger partial charge in [-0.1, -0.05) is 0 Å². The molecule has 0 aliphatic carbocycles. The third-order valence-electron chi connectivity index (χ3n) is 4.87. The SMILES string of the molecule is COc1ccc(OCC2c3cc(OC)c(OC)cc3CCN2C(C)=O)cc1. The largest absolute Gasteiger partial charge is 0.497 e. The number of hydrogen-bond acceptors (Lipinski definition) is 5. The smallest absolute Gasteiger partial charge is 0.220 e. The molecule has 6 heteroatoms. The first-order valence-electron chi connectivity index (χ1n) is 8.86. The van der Waals surface area contributed by atoms with E-state index in [9.17, 15) is 4.79 Å². The second-order valence-electron chi connectivity index (χ2n) is 6.37. The minimum atomic E-state index is -0.187. The predicted octanol–water partition coefficient (Wildman–Crippen LogP) is 3.24. The molecule has 3 rings (SSSR count). The number of ether oxygens (including phenoxy) is 4. The number of rotatable bonds is 6. The van der Waals surface area contributed by atoms with Gasteiger partial charge in [0.15, 0.2) is 11.5 Å². The topological polar surface area (TPSA) is 57.2 Å². The first kappa shape index (κ1) is 18.9. The Balaban J connectivity index is 1.89. The summed E-state index contributed by atoms with van der Waals surface area (Å²) in [5, 5.41) is 0. The third kappa shape index (κ3) is 3.94. The molecular formula is C21H25NO5. The van der Waals surface area contributed by atoms with Gasteiger partial charge in [0.2, 0.25) is 5.91 Å². The Bertz CT molecular complexity index is 803. The molecule has 0 bridgehead atoms. The predicted molar refractivity (Wildman–Crippen MR) is 102 cm³/mol. The van der Waals surface area contributed by atoms with E-state index >= 15 is 0 Å². The van der Waals surface area contributed by atoms with Gasteiger partial charge in [-0.25, -0.2) is 0 Å². The summed E-state index contributed by atoms with van der Waals surface area (Å²) < 4.78 is 22.0. The van der Waals surface area contributed by atoms with Gasteiger partial charge in [0, 0.05) is 13.5 Å². The lowest BCUT2D eigenvalue weighted by atomic mass is 9.92. The van der Waals surface area contributed by atoms with E-state index in [1.54, 1.807) is 28.3 Å². The van der Waals surface area contributed by atoms with Crippen molar-refractivity contribution in [2.75, 3.05) is 34.5 Å². The van der Waals surface area contributed by atoms with Crippen LogP contribution in [0.4, 0.5) is 0 Å². The zero-order chi connectivity index (χ0) is 19.4. The van der Waals surface area contributed by atoms with Gasteiger partial charge in [-0.15, -0.1) is 0 Å². The fraction of sp³-hybridized carbons (Fsp3) is 0.381. The Kier molecular flexibility index (Phi) is 5.74. The highest BCUT2D eigenvalue weighted by Crippen LogP contribution is 2.38. The lowest BCUT2D eigenvalue weighted by molar-refractivity contribution is -0.132. The maximum atomic E-state index is 12.2. The molecular weight excluding hydrogens is 346 g/mol. The monoisotopic (exact) mass is 371 g/mol. The molecule has 1 amide bonds. The Hall–Kier alpha value is -2.89. The number of hydrogen-bond donors (Lipinski definition) is 0.